The second-order valence-electron chi connectivity index (χ2n) is 14.3. The summed E-state index contributed by atoms with van der Waals surface area (Å²) in [5, 5.41) is 26.1. The topological polar surface area (TPSA) is 255 Å². The summed E-state index contributed by atoms with van der Waals surface area (Å²) in [6, 6.07) is 13.3. The second-order valence-corrected chi connectivity index (χ2v) is 15.6. The molecule has 0 aromatic heterocycles. The number of hydrogen-bond acceptors (Lipinski definition) is 14. The molecule has 19 heteroatoms. The van der Waals surface area contributed by atoms with E-state index in [4.69, 9.17) is 14.3 Å². The summed E-state index contributed by atoms with van der Waals surface area (Å²) in [4.78, 5) is 78.8. The van der Waals surface area contributed by atoms with Crippen molar-refractivity contribution in [3.05, 3.63) is 82.4 Å². The van der Waals surface area contributed by atoms with Crippen molar-refractivity contribution in [2.24, 2.45) is 0 Å². The number of carbonyl (C=O) groups is 6. The summed E-state index contributed by atoms with van der Waals surface area (Å²) in [5.41, 5.74) is 0.0580. The smallest absolute Gasteiger partial charge is 0.340 e. The third-order valence-corrected chi connectivity index (χ3v) is 10.8. The SMILES string of the molecule is C[N+](CCCNC(=O)CCCC(=O)ON1C(=O)CCC1=O)(CCCNC(=O)c1ccc2c(c1)C(=O)OC21c2ccc(O)cc2Oc2cc(O)ccc21)CS(=O)(=O)[O-]. The Morgan fingerprint density at radius 3 is 2.02 bits per heavy atom. The molecule has 0 saturated carbocycles. The molecule has 3 aliphatic rings. The van der Waals surface area contributed by atoms with Crippen LogP contribution in [0.2, 0.25) is 0 Å². The highest BCUT2D eigenvalue weighted by atomic mass is 32.2. The van der Waals surface area contributed by atoms with E-state index in [0.717, 1.165) is 0 Å². The van der Waals surface area contributed by atoms with Gasteiger partial charge in [0, 0.05) is 86.0 Å². The molecule has 0 bridgehead atoms. The molecule has 1 atom stereocenters. The average Bonchev–Trinajstić information content (AvgIpc) is 3.61. The molecule has 3 heterocycles. The van der Waals surface area contributed by atoms with Crippen LogP contribution in [0.4, 0.5) is 0 Å². The van der Waals surface area contributed by atoms with Crippen molar-refractivity contribution in [3.8, 4) is 23.0 Å². The third-order valence-electron chi connectivity index (χ3n) is 9.85. The number of ether oxygens (including phenoxy) is 2. The van der Waals surface area contributed by atoms with Gasteiger partial charge >= 0.3 is 11.9 Å². The monoisotopic (exact) mass is 808 g/mol. The van der Waals surface area contributed by atoms with E-state index in [9.17, 15) is 52.0 Å². The number of hydrogen-bond donors (Lipinski definition) is 4. The van der Waals surface area contributed by atoms with E-state index in [2.05, 4.69) is 10.6 Å². The molecule has 4 N–H and O–H groups in total. The van der Waals surface area contributed by atoms with E-state index < -0.39 is 51.3 Å². The molecule has 18 nitrogen and oxygen atoms in total. The van der Waals surface area contributed by atoms with Crippen LogP contribution in [-0.2, 0) is 44.5 Å². The second kappa shape index (κ2) is 16.2. The van der Waals surface area contributed by atoms with Crippen LogP contribution in [0.25, 0.3) is 0 Å². The number of nitrogens with zero attached hydrogens (tertiary/aromatic N) is 2. The highest BCUT2D eigenvalue weighted by molar-refractivity contribution is 7.85. The largest absolute Gasteiger partial charge is 0.744 e. The standard InChI is InChI=1S/C38H40N4O14S/c1-42(22-57(51,52)53,17-3-15-39-32(45)5-2-6-35(48)56-41-33(46)13-14-34(41)47)18-4-16-40-36(49)23-7-10-27-26(19-23)37(50)55-38(27)28-11-8-24(43)20-30(28)54-31-21-25(44)9-12-29(31)38/h7-12,19-21H,2-6,13-18,22H2,1H3,(H4-,39,40,43,44,45,49,51,52,53). The van der Waals surface area contributed by atoms with E-state index in [1.54, 1.807) is 25.2 Å². The molecule has 1 unspecified atom stereocenters. The number of phenolic OH excluding ortho intramolecular Hbond substituents is 2. The van der Waals surface area contributed by atoms with Crippen molar-refractivity contribution in [2.75, 3.05) is 39.1 Å². The molecule has 1 fully saturated rings. The van der Waals surface area contributed by atoms with E-state index in [1.807, 2.05) is 0 Å². The first-order valence-electron chi connectivity index (χ1n) is 18.1. The first-order valence-corrected chi connectivity index (χ1v) is 19.7. The summed E-state index contributed by atoms with van der Waals surface area (Å²) in [6.07, 6.45) is 0.374. The van der Waals surface area contributed by atoms with Crippen molar-refractivity contribution in [1.82, 2.24) is 15.7 Å². The fraction of sp³-hybridized carbons (Fsp3) is 0.368. The third kappa shape index (κ3) is 9.00. The van der Waals surface area contributed by atoms with Crippen LogP contribution < -0.4 is 15.4 Å². The van der Waals surface area contributed by atoms with E-state index in [1.165, 1.54) is 36.4 Å². The lowest BCUT2D eigenvalue weighted by atomic mass is 9.77. The van der Waals surface area contributed by atoms with Crippen LogP contribution >= 0.6 is 0 Å². The Bertz CT molecular complexity index is 2190. The zero-order valence-electron chi connectivity index (χ0n) is 30.8. The highest BCUT2D eigenvalue weighted by Gasteiger charge is 2.53. The zero-order chi connectivity index (χ0) is 41.1. The molecular formula is C38H40N4O14S. The lowest BCUT2D eigenvalue weighted by Crippen LogP contribution is -2.50. The summed E-state index contributed by atoms with van der Waals surface area (Å²) in [6.45, 7) is 0.637. The predicted molar refractivity (Wildman–Crippen MR) is 194 cm³/mol. The molecule has 1 saturated heterocycles. The molecule has 1 spiro atoms. The van der Waals surface area contributed by atoms with Gasteiger partial charge < -0.3 is 44.2 Å². The molecule has 3 aromatic carbocycles. The van der Waals surface area contributed by atoms with Crippen LogP contribution in [0.3, 0.4) is 0 Å². The molecule has 0 aliphatic carbocycles. The lowest BCUT2D eigenvalue weighted by molar-refractivity contribution is -0.898. The first kappa shape index (κ1) is 40.6. The molecule has 4 amide bonds. The number of amides is 4. The van der Waals surface area contributed by atoms with Gasteiger partial charge in [-0.15, -0.1) is 5.06 Å². The molecular weight excluding hydrogens is 768 g/mol. The number of quaternary nitrogens is 1. The Balaban J connectivity index is 1.01. The van der Waals surface area contributed by atoms with Gasteiger partial charge in [0.15, 0.2) is 11.5 Å². The van der Waals surface area contributed by atoms with Gasteiger partial charge in [-0.3, -0.25) is 19.2 Å². The maximum absolute atomic E-state index is 13.4. The Labute approximate surface area is 326 Å². The van der Waals surface area contributed by atoms with Crippen molar-refractivity contribution in [1.29, 1.82) is 0 Å². The van der Waals surface area contributed by atoms with Gasteiger partial charge in [0.1, 0.15) is 33.1 Å². The van der Waals surface area contributed by atoms with Gasteiger partial charge in [-0.2, -0.15) is 0 Å². The molecule has 3 aliphatic heterocycles. The number of fused-ring (bicyclic) bond motifs is 6. The number of carbonyl (C=O) groups excluding carboxylic acids is 6. The minimum absolute atomic E-state index is 0.0328. The summed E-state index contributed by atoms with van der Waals surface area (Å²) < 4.78 is 47.1. The number of nitrogens with one attached hydrogen (secondary N) is 2. The molecule has 57 heavy (non-hydrogen) atoms. The Hall–Kier alpha value is -6.05. The molecule has 0 radical (unpaired) electrons. The number of hydroxylamine groups is 2. The van der Waals surface area contributed by atoms with Crippen LogP contribution in [0, 0.1) is 0 Å². The fourth-order valence-corrected chi connectivity index (χ4v) is 8.23. The van der Waals surface area contributed by atoms with Crippen molar-refractivity contribution < 1.29 is 70.7 Å². The Morgan fingerprint density at radius 2 is 1.42 bits per heavy atom. The van der Waals surface area contributed by atoms with E-state index >= 15 is 0 Å². The van der Waals surface area contributed by atoms with Gasteiger partial charge in [0.2, 0.25) is 5.91 Å². The van der Waals surface area contributed by atoms with E-state index in [0.29, 0.717) is 28.2 Å². The van der Waals surface area contributed by atoms with Gasteiger partial charge in [-0.1, -0.05) is 6.07 Å². The number of benzene rings is 3. The number of esters is 1. The highest BCUT2D eigenvalue weighted by Crippen LogP contribution is 2.57. The number of imide groups is 1. The van der Waals surface area contributed by atoms with Crippen molar-refractivity contribution in [3.63, 3.8) is 0 Å². The number of rotatable bonds is 16. The minimum atomic E-state index is -4.65. The molecule has 3 aromatic rings. The first-order chi connectivity index (χ1) is 27.0. The summed E-state index contributed by atoms with van der Waals surface area (Å²) >= 11 is 0. The number of phenols is 2. The predicted octanol–water partition coefficient (Wildman–Crippen LogP) is 2.02. The molecule has 302 valence electrons. The maximum Gasteiger partial charge on any atom is 0.340 e. The van der Waals surface area contributed by atoms with Gasteiger partial charge in [-0.05, 0) is 42.8 Å². The summed E-state index contributed by atoms with van der Waals surface area (Å²) in [5.74, 6) is -4.12. The maximum atomic E-state index is 13.4. The van der Waals surface area contributed by atoms with Gasteiger partial charge in [0.05, 0.1) is 25.7 Å². The van der Waals surface area contributed by atoms with Crippen molar-refractivity contribution in [2.45, 2.75) is 50.5 Å². The average molecular weight is 809 g/mol. The van der Waals surface area contributed by atoms with Crippen LogP contribution in [0.15, 0.2) is 54.6 Å². The van der Waals surface area contributed by atoms with Crippen molar-refractivity contribution >= 4 is 45.7 Å². The van der Waals surface area contributed by atoms with E-state index in [-0.39, 0.29) is 109 Å². The number of aromatic hydroxyl groups is 2. The van der Waals surface area contributed by atoms with Crippen LogP contribution in [0.5, 0.6) is 23.0 Å². The lowest BCUT2D eigenvalue weighted by Gasteiger charge is -2.36. The quantitative estimate of drug-likeness (QED) is 0.0531. The van der Waals surface area contributed by atoms with Crippen LogP contribution in [-0.4, -0.2) is 107 Å². The Morgan fingerprint density at radius 1 is 0.842 bits per heavy atom. The summed E-state index contributed by atoms with van der Waals surface area (Å²) in [7, 11) is -3.07. The zero-order valence-corrected chi connectivity index (χ0v) is 31.6. The molecule has 6 rings (SSSR count). The van der Waals surface area contributed by atoms with Crippen LogP contribution in [0.1, 0.15) is 82.4 Å². The minimum Gasteiger partial charge on any atom is -0.744 e. The Kier molecular flexibility index (Phi) is 11.5. The normalized spacial score (nSPS) is 16.2. The van der Waals surface area contributed by atoms with Gasteiger partial charge in [0.25, 0.3) is 17.7 Å². The van der Waals surface area contributed by atoms with Gasteiger partial charge in [-0.25, -0.2) is 18.0 Å². The fourth-order valence-electron chi connectivity index (χ4n) is 7.21.